The van der Waals surface area contributed by atoms with E-state index in [0.717, 1.165) is 25.1 Å². The number of ether oxygens (including phenoxy) is 1. The molecule has 0 radical (unpaired) electrons. The minimum atomic E-state index is 0.0434. The van der Waals surface area contributed by atoms with Crippen LogP contribution in [0.2, 0.25) is 0 Å². The number of methoxy groups -OCH3 is 1. The molecule has 0 heterocycles. The van der Waals surface area contributed by atoms with E-state index in [2.05, 4.69) is 18.9 Å². The molecule has 0 fully saturated rings. The van der Waals surface area contributed by atoms with E-state index in [4.69, 9.17) is 15.9 Å². The highest BCUT2D eigenvalue weighted by Gasteiger charge is 2.08. The van der Waals surface area contributed by atoms with Crippen LogP contribution in [0.5, 0.6) is 5.75 Å². The lowest BCUT2D eigenvalue weighted by atomic mass is 10.1. The number of benzene rings is 1. The van der Waals surface area contributed by atoms with E-state index < -0.39 is 0 Å². The van der Waals surface area contributed by atoms with Gasteiger partial charge in [0.15, 0.2) is 0 Å². The standard InChI is InChI=1S/C13H21N3O/c1-4-7-16(2)9-10-5-6-12(17-3)11(8-10)13(14)15/h5-6,8H,4,7,9H2,1-3H3,(H3,14,15). The third kappa shape index (κ3) is 3.75. The maximum atomic E-state index is 7.52. The number of nitrogens with one attached hydrogen (secondary N) is 1. The number of nitrogens with two attached hydrogens (primary N) is 1. The molecule has 4 nitrogen and oxygen atoms in total. The molecule has 0 saturated heterocycles. The Morgan fingerprint density at radius 1 is 1.47 bits per heavy atom. The van der Waals surface area contributed by atoms with Gasteiger partial charge in [0.1, 0.15) is 11.6 Å². The number of hydrogen-bond donors (Lipinski definition) is 2. The first kappa shape index (κ1) is 13.5. The molecule has 1 aromatic rings. The Balaban J connectivity index is 2.88. The van der Waals surface area contributed by atoms with Crippen LogP contribution in [0.15, 0.2) is 18.2 Å². The lowest BCUT2D eigenvalue weighted by molar-refractivity contribution is 0.327. The summed E-state index contributed by atoms with van der Waals surface area (Å²) in [6.07, 6.45) is 1.13. The molecule has 0 aliphatic rings. The monoisotopic (exact) mass is 235 g/mol. The fourth-order valence-corrected chi connectivity index (χ4v) is 1.84. The zero-order chi connectivity index (χ0) is 12.8. The molecule has 0 aromatic heterocycles. The first-order chi connectivity index (χ1) is 8.08. The first-order valence-electron chi connectivity index (χ1n) is 5.78. The molecule has 94 valence electrons. The van der Waals surface area contributed by atoms with Gasteiger partial charge in [-0.1, -0.05) is 13.0 Å². The van der Waals surface area contributed by atoms with Crippen LogP contribution in [0, 0.1) is 5.41 Å². The molecule has 0 aliphatic heterocycles. The SMILES string of the molecule is CCCN(C)Cc1ccc(OC)c(C(=N)N)c1. The summed E-state index contributed by atoms with van der Waals surface area (Å²) in [7, 11) is 3.67. The third-order valence-corrected chi connectivity index (χ3v) is 2.61. The number of nitrogen functional groups attached to an aromatic ring is 1. The molecule has 3 N–H and O–H groups in total. The van der Waals surface area contributed by atoms with Crippen molar-refractivity contribution in [3.8, 4) is 5.75 Å². The summed E-state index contributed by atoms with van der Waals surface area (Å²) in [6.45, 7) is 4.07. The summed E-state index contributed by atoms with van der Waals surface area (Å²) in [4.78, 5) is 2.24. The largest absolute Gasteiger partial charge is 0.496 e. The second kappa shape index (κ2) is 6.25. The molecule has 4 heteroatoms. The van der Waals surface area contributed by atoms with Crippen LogP contribution in [0.4, 0.5) is 0 Å². The molecule has 0 bridgehead atoms. The molecule has 0 aliphatic carbocycles. The highest BCUT2D eigenvalue weighted by Crippen LogP contribution is 2.20. The van der Waals surface area contributed by atoms with Crippen LogP contribution in [0.25, 0.3) is 0 Å². The number of amidine groups is 1. The van der Waals surface area contributed by atoms with Crippen molar-refractivity contribution in [2.24, 2.45) is 5.73 Å². The van der Waals surface area contributed by atoms with Gasteiger partial charge in [0.2, 0.25) is 0 Å². The van der Waals surface area contributed by atoms with Gasteiger partial charge in [-0.2, -0.15) is 0 Å². The summed E-state index contributed by atoms with van der Waals surface area (Å²) in [5.74, 6) is 0.696. The van der Waals surface area contributed by atoms with E-state index in [1.807, 2.05) is 18.2 Å². The quantitative estimate of drug-likeness (QED) is 0.584. The van der Waals surface area contributed by atoms with Gasteiger partial charge in [-0.25, -0.2) is 0 Å². The predicted octanol–water partition coefficient (Wildman–Crippen LogP) is 1.82. The Bertz CT molecular complexity index is 390. The molecular formula is C13H21N3O. The first-order valence-corrected chi connectivity index (χ1v) is 5.78. The van der Waals surface area contributed by atoms with Crippen LogP contribution in [-0.2, 0) is 6.54 Å². The van der Waals surface area contributed by atoms with Crippen molar-refractivity contribution in [3.63, 3.8) is 0 Å². The van der Waals surface area contributed by atoms with Gasteiger partial charge in [-0.05, 0) is 37.7 Å². The topological polar surface area (TPSA) is 62.3 Å². The molecule has 17 heavy (non-hydrogen) atoms. The van der Waals surface area contributed by atoms with Crippen LogP contribution < -0.4 is 10.5 Å². The Hall–Kier alpha value is -1.55. The van der Waals surface area contributed by atoms with Crippen LogP contribution in [0.1, 0.15) is 24.5 Å². The summed E-state index contributed by atoms with van der Waals surface area (Å²) in [5.41, 5.74) is 7.35. The fraction of sp³-hybridized carbons (Fsp3) is 0.462. The minimum Gasteiger partial charge on any atom is -0.496 e. The van der Waals surface area contributed by atoms with E-state index in [1.165, 1.54) is 0 Å². The van der Waals surface area contributed by atoms with E-state index in [1.54, 1.807) is 7.11 Å². The molecule has 0 unspecified atom stereocenters. The van der Waals surface area contributed by atoms with Gasteiger partial charge in [-0.3, -0.25) is 5.41 Å². The summed E-state index contributed by atoms with van der Waals surface area (Å²) < 4.78 is 5.18. The lowest BCUT2D eigenvalue weighted by Crippen LogP contribution is -2.19. The van der Waals surface area contributed by atoms with Crippen molar-refractivity contribution in [3.05, 3.63) is 29.3 Å². The van der Waals surface area contributed by atoms with E-state index in [9.17, 15) is 0 Å². The number of nitrogens with zero attached hydrogens (tertiary/aromatic N) is 1. The lowest BCUT2D eigenvalue weighted by Gasteiger charge is -2.16. The van der Waals surface area contributed by atoms with Gasteiger partial charge in [0.25, 0.3) is 0 Å². The molecule has 0 spiro atoms. The van der Waals surface area contributed by atoms with Crippen molar-refractivity contribution in [1.82, 2.24) is 4.90 Å². The molecule has 0 amide bonds. The predicted molar refractivity (Wildman–Crippen MR) is 70.6 cm³/mol. The Morgan fingerprint density at radius 2 is 2.18 bits per heavy atom. The Kier molecular flexibility index (Phi) is 4.97. The summed E-state index contributed by atoms with van der Waals surface area (Å²) in [6, 6.07) is 5.80. The van der Waals surface area contributed by atoms with E-state index >= 15 is 0 Å². The van der Waals surface area contributed by atoms with E-state index in [-0.39, 0.29) is 5.84 Å². The van der Waals surface area contributed by atoms with Crippen molar-refractivity contribution < 1.29 is 4.74 Å². The second-order valence-corrected chi connectivity index (χ2v) is 4.19. The maximum Gasteiger partial charge on any atom is 0.129 e. The van der Waals surface area contributed by atoms with Crippen molar-refractivity contribution in [1.29, 1.82) is 5.41 Å². The van der Waals surface area contributed by atoms with Crippen LogP contribution >= 0.6 is 0 Å². The van der Waals surface area contributed by atoms with Gasteiger partial charge in [0.05, 0.1) is 12.7 Å². The molecule has 0 atom stereocenters. The molecule has 0 saturated carbocycles. The van der Waals surface area contributed by atoms with Gasteiger partial charge < -0.3 is 15.4 Å². The smallest absolute Gasteiger partial charge is 0.129 e. The molecule has 1 rings (SSSR count). The van der Waals surface area contributed by atoms with Crippen LogP contribution in [0.3, 0.4) is 0 Å². The third-order valence-electron chi connectivity index (χ3n) is 2.61. The number of rotatable bonds is 6. The zero-order valence-corrected chi connectivity index (χ0v) is 10.8. The molecule has 1 aromatic carbocycles. The van der Waals surface area contributed by atoms with Gasteiger partial charge in [-0.15, -0.1) is 0 Å². The minimum absolute atomic E-state index is 0.0434. The number of hydrogen-bond acceptors (Lipinski definition) is 3. The average Bonchev–Trinajstić information content (AvgIpc) is 2.29. The Labute approximate surface area is 103 Å². The highest BCUT2D eigenvalue weighted by molar-refractivity contribution is 5.97. The van der Waals surface area contributed by atoms with Crippen molar-refractivity contribution >= 4 is 5.84 Å². The fourth-order valence-electron chi connectivity index (χ4n) is 1.84. The van der Waals surface area contributed by atoms with Crippen molar-refractivity contribution in [2.75, 3.05) is 20.7 Å². The Morgan fingerprint density at radius 3 is 2.71 bits per heavy atom. The van der Waals surface area contributed by atoms with Crippen LogP contribution in [-0.4, -0.2) is 31.4 Å². The van der Waals surface area contributed by atoms with Crippen molar-refractivity contribution in [2.45, 2.75) is 19.9 Å². The maximum absolute atomic E-state index is 7.52. The average molecular weight is 235 g/mol. The normalized spacial score (nSPS) is 10.6. The highest BCUT2D eigenvalue weighted by atomic mass is 16.5. The van der Waals surface area contributed by atoms with E-state index in [0.29, 0.717) is 11.3 Å². The summed E-state index contributed by atoms with van der Waals surface area (Å²) in [5, 5.41) is 7.52. The summed E-state index contributed by atoms with van der Waals surface area (Å²) >= 11 is 0. The second-order valence-electron chi connectivity index (χ2n) is 4.19. The van der Waals surface area contributed by atoms with Gasteiger partial charge in [0, 0.05) is 6.54 Å². The molecular weight excluding hydrogens is 214 g/mol. The van der Waals surface area contributed by atoms with Gasteiger partial charge >= 0.3 is 0 Å². The zero-order valence-electron chi connectivity index (χ0n) is 10.8.